The van der Waals surface area contributed by atoms with Gasteiger partial charge in [0.1, 0.15) is 5.75 Å². The van der Waals surface area contributed by atoms with Crippen LogP contribution in [-0.4, -0.2) is 38.8 Å². The second-order valence-corrected chi connectivity index (χ2v) is 9.07. The molecule has 1 N–H and O–H groups in total. The molecule has 7 heteroatoms. The Balaban J connectivity index is 1.82. The summed E-state index contributed by atoms with van der Waals surface area (Å²) in [4.78, 5) is 12.9. The molecule has 0 heterocycles. The lowest BCUT2D eigenvalue weighted by Gasteiger charge is -2.22. The van der Waals surface area contributed by atoms with Gasteiger partial charge >= 0.3 is 0 Å². The van der Waals surface area contributed by atoms with E-state index in [0.717, 1.165) is 11.1 Å². The molecular formula is C24H26N2O4S. The molecule has 0 spiro atoms. The minimum absolute atomic E-state index is 0.163. The maximum Gasteiger partial charge on any atom is 0.243 e. The van der Waals surface area contributed by atoms with E-state index in [-0.39, 0.29) is 18.0 Å². The Kier molecular flexibility index (Phi) is 7.44. The summed E-state index contributed by atoms with van der Waals surface area (Å²) >= 11 is 0. The van der Waals surface area contributed by atoms with Crippen molar-refractivity contribution in [2.45, 2.75) is 18.2 Å². The second kappa shape index (κ2) is 10.2. The van der Waals surface area contributed by atoms with Crippen LogP contribution in [0, 0.1) is 6.92 Å². The number of amides is 1. The van der Waals surface area contributed by atoms with E-state index in [9.17, 15) is 13.2 Å². The molecule has 162 valence electrons. The van der Waals surface area contributed by atoms with Crippen molar-refractivity contribution in [3.8, 4) is 5.75 Å². The number of methoxy groups -OCH3 is 1. The number of ether oxygens (including phenoxy) is 1. The van der Waals surface area contributed by atoms with Gasteiger partial charge in [0.25, 0.3) is 0 Å². The smallest absolute Gasteiger partial charge is 0.243 e. The zero-order valence-electron chi connectivity index (χ0n) is 17.6. The Labute approximate surface area is 183 Å². The van der Waals surface area contributed by atoms with Crippen molar-refractivity contribution >= 4 is 21.6 Å². The van der Waals surface area contributed by atoms with E-state index in [4.69, 9.17) is 4.74 Å². The zero-order valence-corrected chi connectivity index (χ0v) is 18.4. The average Bonchev–Trinajstić information content (AvgIpc) is 2.78. The van der Waals surface area contributed by atoms with Gasteiger partial charge in [0.05, 0.1) is 24.2 Å². The molecule has 0 bridgehead atoms. The maximum atomic E-state index is 13.3. The van der Waals surface area contributed by atoms with Crippen molar-refractivity contribution in [1.82, 2.24) is 4.31 Å². The highest BCUT2D eigenvalue weighted by Crippen LogP contribution is 2.23. The third kappa shape index (κ3) is 5.93. The second-order valence-electron chi connectivity index (χ2n) is 7.14. The topological polar surface area (TPSA) is 75.7 Å². The normalized spacial score (nSPS) is 11.3. The summed E-state index contributed by atoms with van der Waals surface area (Å²) in [5.41, 5.74) is 2.45. The van der Waals surface area contributed by atoms with Crippen molar-refractivity contribution in [3.63, 3.8) is 0 Å². The average molecular weight is 439 g/mol. The molecule has 0 aromatic heterocycles. The van der Waals surface area contributed by atoms with Crippen molar-refractivity contribution in [1.29, 1.82) is 0 Å². The van der Waals surface area contributed by atoms with Crippen LogP contribution in [0.15, 0.2) is 83.8 Å². The first-order chi connectivity index (χ1) is 14.9. The molecule has 0 saturated heterocycles. The first-order valence-corrected chi connectivity index (χ1v) is 11.4. The number of aryl methyl sites for hydroxylation is 1. The zero-order chi connectivity index (χ0) is 22.3. The fourth-order valence-electron chi connectivity index (χ4n) is 3.14. The summed E-state index contributed by atoms with van der Waals surface area (Å²) in [6.45, 7) is 1.77. The molecule has 3 aromatic carbocycles. The quantitative estimate of drug-likeness (QED) is 0.550. The van der Waals surface area contributed by atoms with Gasteiger partial charge in [-0.3, -0.25) is 4.79 Å². The predicted octanol–water partition coefficient (Wildman–Crippen LogP) is 3.88. The molecule has 3 rings (SSSR count). The lowest BCUT2D eigenvalue weighted by atomic mass is 10.1. The van der Waals surface area contributed by atoms with E-state index in [0.29, 0.717) is 17.9 Å². The van der Waals surface area contributed by atoms with Gasteiger partial charge in [-0.25, -0.2) is 8.42 Å². The monoisotopic (exact) mass is 438 g/mol. The van der Waals surface area contributed by atoms with E-state index in [1.54, 1.807) is 48.5 Å². The molecule has 0 aliphatic carbocycles. The molecule has 1 amide bonds. The molecule has 0 unspecified atom stereocenters. The maximum absolute atomic E-state index is 13.3. The van der Waals surface area contributed by atoms with Gasteiger partial charge in [-0.2, -0.15) is 4.31 Å². The minimum Gasteiger partial charge on any atom is -0.495 e. The number of benzene rings is 3. The largest absolute Gasteiger partial charge is 0.495 e. The first kappa shape index (κ1) is 22.5. The molecule has 0 radical (unpaired) electrons. The summed E-state index contributed by atoms with van der Waals surface area (Å²) in [5.74, 6) is 0.0707. The number of hydrogen-bond donors (Lipinski definition) is 1. The molecule has 0 fully saturated rings. The summed E-state index contributed by atoms with van der Waals surface area (Å²) < 4.78 is 33.1. The van der Waals surface area contributed by atoms with Crippen molar-refractivity contribution in [2.75, 3.05) is 25.5 Å². The van der Waals surface area contributed by atoms with Gasteiger partial charge < -0.3 is 10.1 Å². The van der Waals surface area contributed by atoms with Crippen LogP contribution in [-0.2, 0) is 21.2 Å². The van der Waals surface area contributed by atoms with Gasteiger partial charge in [0, 0.05) is 6.54 Å². The van der Waals surface area contributed by atoms with Crippen LogP contribution in [0.2, 0.25) is 0 Å². The van der Waals surface area contributed by atoms with Gasteiger partial charge in [-0.1, -0.05) is 60.2 Å². The van der Waals surface area contributed by atoms with Gasteiger partial charge in [-0.05, 0) is 43.2 Å². The summed E-state index contributed by atoms with van der Waals surface area (Å²) in [6, 6.07) is 23.2. The summed E-state index contributed by atoms with van der Waals surface area (Å²) in [6.07, 6.45) is 0.494. The van der Waals surface area contributed by atoms with E-state index in [1.165, 1.54) is 11.4 Å². The molecule has 0 aliphatic heterocycles. The standard InChI is InChI=1S/C24H26N2O4S/c1-19-12-14-21(15-13-19)31(28,29)26(17-16-20-8-4-3-5-9-20)18-24(27)25-22-10-6-7-11-23(22)30-2/h3-15H,16-18H2,1-2H3,(H,25,27). The van der Waals surface area contributed by atoms with Crippen LogP contribution in [0.3, 0.4) is 0 Å². The SMILES string of the molecule is COc1ccccc1NC(=O)CN(CCc1ccccc1)S(=O)(=O)c1ccc(C)cc1. The number of rotatable bonds is 9. The Morgan fingerprint density at radius 2 is 1.58 bits per heavy atom. The van der Waals surface area contributed by atoms with Crippen LogP contribution in [0.4, 0.5) is 5.69 Å². The Morgan fingerprint density at radius 3 is 2.26 bits per heavy atom. The summed E-state index contributed by atoms with van der Waals surface area (Å²) in [5, 5.41) is 2.75. The minimum atomic E-state index is -3.85. The molecule has 31 heavy (non-hydrogen) atoms. The van der Waals surface area contributed by atoms with E-state index in [1.807, 2.05) is 37.3 Å². The van der Waals surface area contributed by atoms with Crippen LogP contribution < -0.4 is 10.1 Å². The fourth-order valence-corrected chi connectivity index (χ4v) is 4.54. The van der Waals surface area contributed by atoms with E-state index < -0.39 is 15.9 Å². The van der Waals surface area contributed by atoms with Gasteiger partial charge in [0.15, 0.2) is 0 Å². The number of hydrogen-bond acceptors (Lipinski definition) is 4. The van der Waals surface area contributed by atoms with Gasteiger partial charge in [-0.15, -0.1) is 0 Å². The Bertz CT molecular complexity index is 1110. The van der Waals surface area contributed by atoms with Crippen LogP contribution >= 0.6 is 0 Å². The lowest BCUT2D eigenvalue weighted by molar-refractivity contribution is -0.116. The van der Waals surface area contributed by atoms with Crippen molar-refractivity contribution < 1.29 is 17.9 Å². The highest BCUT2D eigenvalue weighted by atomic mass is 32.2. The molecule has 0 saturated carbocycles. The predicted molar refractivity (Wildman–Crippen MR) is 122 cm³/mol. The molecule has 0 aliphatic rings. The van der Waals surface area contributed by atoms with E-state index >= 15 is 0 Å². The van der Waals surface area contributed by atoms with Crippen LogP contribution in [0.1, 0.15) is 11.1 Å². The van der Waals surface area contributed by atoms with Crippen molar-refractivity contribution in [3.05, 3.63) is 90.0 Å². The number of anilines is 1. The molecule has 6 nitrogen and oxygen atoms in total. The highest BCUT2D eigenvalue weighted by Gasteiger charge is 2.26. The number of carbonyl (C=O) groups excluding carboxylic acids is 1. The van der Waals surface area contributed by atoms with E-state index in [2.05, 4.69) is 5.32 Å². The number of nitrogens with zero attached hydrogens (tertiary/aromatic N) is 1. The Morgan fingerprint density at radius 1 is 0.935 bits per heavy atom. The lowest BCUT2D eigenvalue weighted by Crippen LogP contribution is -2.39. The highest BCUT2D eigenvalue weighted by molar-refractivity contribution is 7.89. The third-order valence-corrected chi connectivity index (χ3v) is 6.71. The van der Waals surface area contributed by atoms with Crippen LogP contribution in [0.25, 0.3) is 0 Å². The Hall–Kier alpha value is -3.16. The van der Waals surface area contributed by atoms with Crippen molar-refractivity contribution in [2.24, 2.45) is 0 Å². The number of carbonyl (C=O) groups is 1. The van der Waals surface area contributed by atoms with Crippen LogP contribution in [0.5, 0.6) is 5.75 Å². The number of nitrogens with one attached hydrogen (secondary N) is 1. The summed E-state index contributed by atoms with van der Waals surface area (Å²) in [7, 11) is -2.34. The molecule has 3 aromatic rings. The number of sulfonamides is 1. The number of para-hydroxylation sites is 2. The van der Waals surface area contributed by atoms with Gasteiger partial charge in [0.2, 0.25) is 15.9 Å². The molecule has 0 atom stereocenters. The molecular weight excluding hydrogens is 412 g/mol. The fraction of sp³-hybridized carbons (Fsp3) is 0.208. The first-order valence-electron chi connectivity index (χ1n) is 9.94. The third-order valence-electron chi connectivity index (χ3n) is 4.85.